The average Bonchev–Trinajstić information content (AvgIpc) is 2.30. The maximum Gasteiger partial charge on any atom is 0.223 e. The second kappa shape index (κ2) is 5.18. The fourth-order valence-electron chi connectivity index (χ4n) is 1.19. The first-order valence-corrected chi connectivity index (χ1v) is 5.78. The molecule has 2 rings (SSSR count). The number of nitrogens with zero attached hydrogens (tertiary/aromatic N) is 2. The van der Waals surface area contributed by atoms with Crippen molar-refractivity contribution in [3.8, 4) is 5.75 Å². The van der Waals surface area contributed by atoms with Gasteiger partial charge in [0.2, 0.25) is 5.28 Å². The molecule has 0 aliphatic heterocycles. The predicted octanol–water partition coefficient (Wildman–Crippen LogP) is 3.29. The van der Waals surface area contributed by atoms with Crippen molar-refractivity contribution in [2.24, 2.45) is 0 Å². The maximum atomic E-state index is 5.72. The number of rotatable bonds is 3. The smallest absolute Gasteiger partial charge is 0.223 e. The van der Waals surface area contributed by atoms with E-state index in [1.165, 1.54) is 11.8 Å². The third-order valence-corrected chi connectivity index (χ3v) is 3.06. The van der Waals surface area contributed by atoms with E-state index in [1.807, 2.05) is 30.3 Å². The molecule has 0 N–H and O–H groups in total. The Morgan fingerprint density at radius 2 is 2.06 bits per heavy atom. The van der Waals surface area contributed by atoms with Crippen molar-refractivity contribution >= 4 is 23.4 Å². The van der Waals surface area contributed by atoms with E-state index in [0.717, 1.165) is 15.7 Å². The molecule has 1 heterocycles. The van der Waals surface area contributed by atoms with Crippen molar-refractivity contribution in [3.05, 3.63) is 41.8 Å². The highest BCUT2D eigenvalue weighted by Gasteiger charge is 2.05. The van der Waals surface area contributed by atoms with Crippen LogP contribution in [-0.4, -0.2) is 17.1 Å². The van der Waals surface area contributed by atoms with E-state index >= 15 is 0 Å². The number of para-hydroxylation sites is 1. The van der Waals surface area contributed by atoms with Gasteiger partial charge in [0.15, 0.2) is 0 Å². The highest BCUT2D eigenvalue weighted by atomic mass is 35.5. The van der Waals surface area contributed by atoms with Crippen LogP contribution in [0.5, 0.6) is 5.75 Å². The summed E-state index contributed by atoms with van der Waals surface area (Å²) in [5, 5.41) is 1.05. The average molecular weight is 253 g/mol. The molecule has 0 fully saturated rings. The third kappa shape index (κ3) is 2.65. The molecule has 16 heavy (non-hydrogen) atoms. The lowest BCUT2D eigenvalue weighted by Gasteiger charge is -2.06. The normalized spacial score (nSPS) is 10.1. The van der Waals surface area contributed by atoms with Gasteiger partial charge in [-0.05, 0) is 29.8 Å². The third-order valence-electron chi connectivity index (χ3n) is 1.88. The fraction of sp³-hybridized carbons (Fsp3) is 0.0909. The Hall–Kier alpha value is -1.26. The first-order valence-electron chi connectivity index (χ1n) is 4.59. The summed E-state index contributed by atoms with van der Waals surface area (Å²) in [5.74, 6) is 0.822. The highest BCUT2D eigenvalue weighted by Crippen LogP contribution is 2.33. The lowest BCUT2D eigenvalue weighted by molar-refractivity contribution is 0.405. The largest absolute Gasteiger partial charge is 0.496 e. The van der Waals surface area contributed by atoms with Crippen LogP contribution in [0.3, 0.4) is 0 Å². The molecule has 0 atom stereocenters. The summed E-state index contributed by atoms with van der Waals surface area (Å²) >= 11 is 7.21. The van der Waals surface area contributed by atoms with Crippen LogP contribution >= 0.6 is 23.4 Å². The number of halogens is 1. The zero-order valence-corrected chi connectivity index (χ0v) is 10.1. The second-order valence-electron chi connectivity index (χ2n) is 2.92. The summed E-state index contributed by atoms with van der Waals surface area (Å²) < 4.78 is 5.25. The van der Waals surface area contributed by atoms with Gasteiger partial charge in [0.05, 0.1) is 12.0 Å². The molecular formula is C11H9ClN2OS. The van der Waals surface area contributed by atoms with E-state index in [0.29, 0.717) is 0 Å². The van der Waals surface area contributed by atoms with E-state index < -0.39 is 0 Å². The molecule has 0 amide bonds. The maximum absolute atomic E-state index is 5.72. The Labute approximate surface area is 103 Å². The van der Waals surface area contributed by atoms with Crippen LogP contribution < -0.4 is 4.74 Å². The number of methoxy groups -OCH3 is 1. The molecule has 82 valence electrons. The zero-order valence-electron chi connectivity index (χ0n) is 8.55. The van der Waals surface area contributed by atoms with Crippen molar-refractivity contribution in [2.45, 2.75) is 9.92 Å². The Morgan fingerprint density at radius 1 is 1.25 bits per heavy atom. The van der Waals surface area contributed by atoms with Crippen LogP contribution in [0.25, 0.3) is 0 Å². The quantitative estimate of drug-likeness (QED) is 0.620. The van der Waals surface area contributed by atoms with E-state index in [4.69, 9.17) is 16.3 Å². The lowest BCUT2D eigenvalue weighted by atomic mass is 10.3. The van der Waals surface area contributed by atoms with E-state index in [9.17, 15) is 0 Å². The fourth-order valence-corrected chi connectivity index (χ4v) is 2.27. The Kier molecular flexibility index (Phi) is 3.64. The van der Waals surface area contributed by atoms with Crippen molar-refractivity contribution in [1.82, 2.24) is 9.97 Å². The van der Waals surface area contributed by atoms with Gasteiger partial charge >= 0.3 is 0 Å². The Morgan fingerprint density at radius 3 is 2.81 bits per heavy atom. The van der Waals surface area contributed by atoms with Gasteiger partial charge in [-0.25, -0.2) is 9.97 Å². The zero-order chi connectivity index (χ0) is 11.4. The minimum atomic E-state index is 0.250. The predicted molar refractivity (Wildman–Crippen MR) is 64.2 cm³/mol. The topological polar surface area (TPSA) is 35.0 Å². The van der Waals surface area contributed by atoms with Gasteiger partial charge < -0.3 is 4.74 Å². The molecule has 1 aromatic carbocycles. The molecule has 0 aliphatic carbocycles. The molecule has 3 nitrogen and oxygen atoms in total. The van der Waals surface area contributed by atoms with Gasteiger partial charge in [0.25, 0.3) is 0 Å². The summed E-state index contributed by atoms with van der Waals surface area (Å²) in [7, 11) is 1.65. The minimum Gasteiger partial charge on any atom is -0.496 e. The number of aromatic nitrogens is 2. The summed E-state index contributed by atoms with van der Waals surface area (Å²) in [6.45, 7) is 0. The van der Waals surface area contributed by atoms with Crippen molar-refractivity contribution in [3.63, 3.8) is 0 Å². The van der Waals surface area contributed by atoms with E-state index in [-0.39, 0.29) is 5.28 Å². The van der Waals surface area contributed by atoms with Crippen LogP contribution in [0.1, 0.15) is 0 Å². The Balaban J connectivity index is 2.26. The number of hydrogen-bond acceptors (Lipinski definition) is 4. The van der Waals surface area contributed by atoms with E-state index in [1.54, 1.807) is 13.3 Å². The standard InChI is InChI=1S/C11H9ClN2OS/c1-15-8-4-2-3-5-9(8)16-10-6-7-13-11(12)14-10/h2-7H,1H3. The first-order chi connectivity index (χ1) is 7.79. The highest BCUT2D eigenvalue weighted by molar-refractivity contribution is 7.99. The number of benzene rings is 1. The molecular weight excluding hydrogens is 244 g/mol. The molecule has 0 saturated heterocycles. The van der Waals surface area contributed by atoms with Crippen LogP contribution in [0.15, 0.2) is 46.5 Å². The molecule has 0 aliphatic rings. The second-order valence-corrected chi connectivity index (χ2v) is 4.32. The summed E-state index contributed by atoms with van der Waals surface area (Å²) in [6.07, 6.45) is 1.63. The molecule has 0 radical (unpaired) electrons. The van der Waals surface area contributed by atoms with E-state index in [2.05, 4.69) is 9.97 Å². The SMILES string of the molecule is COc1ccccc1Sc1ccnc(Cl)n1. The lowest BCUT2D eigenvalue weighted by Crippen LogP contribution is -1.87. The van der Waals surface area contributed by atoms with Crippen LogP contribution in [0.2, 0.25) is 5.28 Å². The van der Waals surface area contributed by atoms with Crippen LogP contribution in [0.4, 0.5) is 0 Å². The molecule has 2 aromatic rings. The minimum absolute atomic E-state index is 0.250. The van der Waals surface area contributed by atoms with Crippen molar-refractivity contribution in [1.29, 1.82) is 0 Å². The summed E-state index contributed by atoms with van der Waals surface area (Å²) in [4.78, 5) is 8.94. The molecule has 0 unspecified atom stereocenters. The van der Waals surface area contributed by atoms with Gasteiger partial charge in [0.1, 0.15) is 10.8 Å². The molecule has 1 aromatic heterocycles. The number of hydrogen-bond donors (Lipinski definition) is 0. The van der Waals surface area contributed by atoms with Gasteiger partial charge in [-0.2, -0.15) is 0 Å². The van der Waals surface area contributed by atoms with Gasteiger partial charge in [-0.1, -0.05) is 23.9 Å². The first kappa shape index (κ1) is 11.2. The summed E-state index contributed by atoms with van der Waals surface area (Å²) in [5.41, 5.74) is 0. The molecule has 0 saturated carbocycles. The molecule has 0 spiro atoms. The molecule has 5 heteroatoms. The van der Waals surface area contributed by atoms with Crippen LogP contribution in [0, 0.1) is 0 Å². The van der Waals surface area contributed by atoms with Gasteiger partial charge in [-0.3, -0.25) is 0 Å². The monoisotopic (exact) mass is 252 g/mol. The van der Waals surface area contributed by atoms with Gasteiger partial charge in [-0.15, -0.1) is 0 Å². The Bertz CT molecular complexity index is 493. The summed E-state index contributed by atoms with van der Waals surface area (Å²) in [6, 6.07) is 9.57. The van der Waals surface area contributed by atoms with Crippen molar-refractivity contribution in [2.75, 3.05) is 7.11 Å². The van der Waals surface area contributed by atoms with Gasteiger partial charge in [0, 0.05) is 6.20 Å². The van der Waals surface area contributed by atoms with Crippen LogP contribution in [-0.2, 0) is 0 Å². The number of ether oxygens (including phenoxy) is 1. The molecule has 0 bridgehead atoms. The van der Waals surface area contributed by atoms with Crippen molar-refractivity contribution < 1.29 is 4.74 Å².